The van der Waals surface area contributed by atoms with Gasteiger partial charge in [-0.2, -0.15) is 0 Å². The number of rotatable bonds is 4. The van der Waals surface area contributed by atoms with Crippen LogP contribution in [0.25, 0.3) is 5.65 Å². The predicted octanol–water partition coefficient (Wildman–Crippen LogP) is 2.61. The van der Waals surface area contributed by atoms with Gasteiger partial charge in [0, 0.05) is 36.1 Å². The Bertz CT molecular complexity index is 1260. The van der Waals surface area contributed by atoms with Crippen molar-refractivity contribution in [3.8, 4) is 5.75 Å². The fourth-order valence-electron chi connectivity index (χ4n) is 5.04. The van der Waals surface area contributed by atoms with E-state index < -0.39 is 5.91 Å². The number of aromatic nitrogens is 3. The van der Waals surface area contributed by atoms with Crippen LogP contribution < -0.4 is 10.9 Å². The Balaban J connectivity index is 1.32. The number of pyridine rings is 2. The van der Waals surface area contributed by atoms with Gasteiger partial charge in [0.05, 0.1) is 23.5 Å². The topological polar surface area (TPSA) is 97.9 Å². The maximum Gasteiger partial charge on any atom is 0.274 e. The second-order valence-electron chi connectivity index (χ2n) is 9.16. The number of nitrogens with zero attached hydrogens (tertiary/aromatic N) is 3. The Labute approximate surface area is 172 Å². The van der Waals surface area contributed by atoms with E-state index in [0.717, 1.165) is 31.4 Å². The number of hydrogen-bond donors (Lipinski definition) is 2. The van der Waals surface area contributed by atoms with Crippen LogP contribution in [0.3, 0.4) is 0 Å². The molecule has 154 valence electrons. The van der Waals surface area contributed by atoms with Crippen LogP contribution in [0.5, 0.6) is 5.75 Å². The van der Waals surface area contributed by atoms with Crippen molar-refractivity contribution in [1.29, 1.82) is 0 Å². The Kier molecular flexibility index (Phi) is 3.38. The first-order chi connectivity index (χ1) is 14.4. The van der Waals surface area contributed by atoms with E-state index in [1.807, 2.05) is 6.20 Å². The van der Waals surface area contributed by atoms with Crippen molar-refractivity contribution < 1.29 is 14.6 Å². The number of carbonyl (C=O) groups excluding carboxylic acids is 1. The van der Waals surface area contributed by atoms with E-state index in [1.165, 1.54) is 6.07 Å². The number of nitrogens with one attached hydrogen (secondary N) is 1. The molecule has 30 heavy (non-hydrogen) atoms. The van der Waals surface area contributed by atoms with Gasteiger partial charge in [-0.15, -0.1) is 0 Å². The molecule has 0 unspecified atom stereocenters. The van der Waals surface area contributed by atoms with Crippen LogP contribution in [0.1, 0.15) is 54.7 Å². The molecule has 3 aromatic rings. The zero-order chi connectivity index (χ0) is 20.7. The first-order valence-corrected chi connectivity index (χ1v) is 10.2. The van der Waals surface area contributed by atoms with Crippen LogP contribution in [0.2, 0.25) is 0 Å². The van der Waals surface area contributed by atoms with Gasteiger partial charge >= 0.3 is 0 Å². The van der Waals surface area contributed by atoms with Gasteiger partial charge < -0.3 is 24.1 Å². The molecule has 5 heterocycles. The summed E-state index contributed by atoms with van der Waals surface area (Å²) in [4.78, 5) is 30.1. The van der Waals surface area contributed by atoms with Gasteiger partial charge in [0.1, 0.15) is 17.1 Å². The van der Waals surface area contributed by atoms with Crippen molar-refractivity contribution in [2.24, 2.45) is 0 Å². The van der Waals surface area contributed by atoms with E-state index in [9.17, 15) is 14.7 Å². The van der Waals surface area contributed by atoms with E-state index in [0.29, 0.717) is 12.3 Å². The normalized spacial score (nSPS) is 27.2. The summed E-state index contributed by atoms with van der Waals surface area (Å²) >= 11 is 0. The van der Waals surface area contributed by atoms with Gasteiger partial charge in [-0.25, -0.2) is 4.98 Å². The van der Waals surface area contributed by atoms with Crippen molar-refractivity contribution >= 4 is 17.2 Å². The van der Waals surface area contributed by atoms with Crippen molar-refractivity contribution in [2.45, 2.75) is 49.7 Å². The highest BCUT2D eigenvalue weighted by molar-refractivity contribution is 6.06. The summed E-state index contributed by atoms with van der Waals surface area (Å²) in [6.45, 7) is 2.76. The highest BCUT2D eigenvalue weighted by Crippen LogP contribution is 2.58. The molecule has 8 nitrogen and oxygen atoms in total. The summed E-state index contributed by atoms with van der Waals surface area (Å²) in [6.07, 6.45) is 9.02. The molecule has 0 spiro atoms. The molecular weight excluding hydrogens is 384 g/mol. The first kappa shape index (κ1) is 17.7. The predicted molar refractivity (Wildman–Crippen MR) is 109 cm³/mol. The first-order valence-electron chi connectivity index (χ1n) is 10.2. The molecule has 0 aromatic carbocycles. The van der Waals surface area contributed by atoms with Gasteiger partial charge in [-0.1, -0.05) is 0 Å². The second kappa shape index (κ2) is 5.72. The van der Waals surface area contributed by atoms with E-state index in [-0.39, 0.29) is 39.6 Å². The number of aromatic hydroxyl groups is 1. The van der Waals surface area contributed by atoms with E-state index >= 15 is 0 Å². The monoisotopic (exact) mass is 406 g/mol. The number of imidazole rings is 1. The fourth-order valence-corrected chi connectivity index (χ4v) is 5.04. The largest absolute Gasteiger partial charge is 0.507 e. The summed E-state index contributed by atoms with van der Waals surface area (Å²) in [5, 5.41) is 13.1. The minimum absolute atomic E-state index is 0.0496. The smallest absolute Gasteiger partial charge is 0.274 e. The van der Waals surface area contributed by atoms with Crippen LogP contribution >= 0.6 is 0 Å². The number of amides is 1. The molecule has 1 amide bonds. The summed E-state index contributed by atoms with van der Waals surface area (Å²) in [7, 11) is 0. The van der Waals surface area contributed by atoms with Gasteiger partial charge in [-0.3, -0.25) is 9.59 Å². The molecule has 2 saturated carbocycles. The van der Waals surface area contributed by atoms with E-state index in [4.69, 9.17) is 4.74 Å². The van der Waals surface area contributed by atoms with Gasteiger partial charge in [0.25, 0.3) is 11.5 Å². The lowest BCUT2D eigenvalue weighted by Gasteiger charge is -2.41. The standard InChI is InChI=1S/C22H22N4O4/c1-21-10-22(11-21,12-30-21)17-9-25-8-14(16(27)7-18(25)24-17)19(28)23-15-3-2-6-26(20(15)29)13-4-5-13/h2-3,6-9,13,27H,4-5,10-12H2,1H3,(H,23,28). The Hall–Kier alpha value is -3.13. The lowest BCUT2D eigenvalue weighted by Crippen LogP contribution is -2.45. The molecule has 2 aliphatic heterocycles. The third-order valence-electron chi connectivity index (χ3n) is 6.64. The number of carbonyl (C=O) groups is 1. The maximum atomic E-state index is 12.8. The molecule has 2 N–H and O–H groups in total. The number of hydrogen-bond acceptors (Lipinski definition) is 5. The van der Waals surface area contributed by atoms with Crippen molar-refractivity contribution in [1.82, 2.24) is 14.0 Å². The minimum Gasteiger partial charge on any atom is -0.507 e. The molecule has 8 heteroatoms. The third-order valence-corrected chi connectivity index (χ3v) is 6.64. The molecule has 2 aliphatic carbocycles. The molecule has 3 aromatic heterocycles. The zero-order valence-electron chi connectivity index (χ0n) is 16.6. The molecule has 7 rings (SSSR count). The highest BCUT2D eigenvalue weighted by Gasteiger charge is 2.61. The summed E-state index contributed by atoms with van der Waals surface area (Å²) in [5.74, 6) is -0.705. The van der Waals surface area contributed by atoms with Crippen molar-refractivity contribution in [2.75, 3.05) is 11.9 Å². The van der Waals surface area contributed by atoms with Crippen molar-refractivity contribution in [3.63, 3.8) is 0 Å². The molecule has 2 bridgehead atoms. The number of anilines is 1. The summed E-state index contributed by atoms with van der Waals surface area (Å²) in [6, 6.07) is 5.03. The van der Waals surface area contributed by atoms with Gasteiger partial charge in [0.2, 0.25) is 0 Å². The SMILES string of the molecule is CC12CC(c3cn4cc(C(=O)Nc5cccn(C6CC6)c5=O)c(O)cc4n3)(CO1)C2. The van der Waals surface area contributed by atoms with Crippen LogP contribution in [-0.2, 0) is 10.2 Å². The average Bonchev–Trinajstić information content (AvgIpc) is 3.23. The van der Waals surface area contributed by atoms with Crippen LogP contribution in [0.4, 0.5) is 5.69 Å². The molecule has 0 atom stereocenters. The van der Waals surface area contributed by atoms with Crippen LogP contribution in [0.15, 0.2) is 41.6 Å². The summed E-state index contributed by atoms with van der Waals surface area (Å²) < 4.78 is 9.27. The van der Waals surface area contributed by atoms with Gasteiger partial charge in [0.15, 0.2) is 0 Å². The lowest BCUT2D eigenvalue weighted by molar-refractivity contribution is 0.0154. The van der Waals surface area contributed by atoms with E-state index in [2.05, 4.69) is 17.2 Å². The molecule has 0 radical (unpaired) electrons. The maximum absolute atomic E-state index is 12.8. The third kappa shape index (κ3) is 2.53. The van der Waals surface area contributed by atoms with E-state index in [1.54, 1.807) is 33.5 Å². The van der Waals surface area contributed by atoms with Crippen LogP contribution in [0, 0.1) is 0 Å². The zero-order valence-corrected chi connectivity index (χ0v) is 16.6. The van der Waals surface area contributed by atoms with Gasteiger partial charge in [-0.05, 0) is 44.7 Å². The molecule has 4 aliphatic rings. The Morgan fingerprint density at radius 3 is 2.83 bits per heavy atom. The van der Waals surface area contributed by atoms with Crippen LogP contribution in [-0.4, -0.2) is 37.2 Å². The quantitative estimate of drug-likeness (QED) is 0.694. The minimum atomic E-state index is -0.533. The molecule has 4 fully saturated rings. The van der Waals surface area contributed by atoms with Crippen molar-refractivity contribution in [3.05, 3.63) is 58.4 Å². The number of ether oxygens (including phenoxy) is 1. The second-order valence-corrected chi connectivity index (χ2v) is 9.16. The average molecular weight is 406 g/mol. The highest BCUT2D eigenvalue weighted by atomic mass is 16.5. The lowest BCUT2D eigenvalue weighted by atomic mass is 9.62. The summed E-state index contributed by atoms with van der Waals surface area (Å²) in [5.41, 5.74) is 1.44. The molecule has 2 saturated heterocycles. The fraction of sp³-hybridized carbons (Fsp3) is 0.409. The Morgan fingerprint density at radius 2 is 2.13 bits per heavy atom. The molecular formula is C22H22N4O4. The Morgan fingerprint density at radius 1 is 1.33 bits per heavy atom. The number of fused-ring (bicyclic) bond motifs is 2.